The van der Waals surface area contributed by atoms with Crippen LogP contribution in [0.5, 0.6) is 0 Å². The number of furan rings is 1. The minimum atomic E-state index is -1.01. The molecule has 1 aliphatic rings. The van der Waals surface area contributed by atoms with Crippen LogP contribution in [0.3, 0.4) is 0 Å². The number of carboxylic acids is 1. The van der Waals surface area contributed by atoms with E-state index in [1.165, 1.54) is 6.07 Å². The fraction of sp³-hybridized carbons (Fsp3) is 0.200. The van der Waals surface area contributed by atoms with Gasteiger partial charge in [0.25, 0.3) is 0 Å². The van der Waals surface area contributed by atoms with E-state index in [-0.39, 0.29) is 30.0 Å². The van der Waals surface area contributed by atoms with Crippen molar-refractivity contribution in [2.75, 3.05) is 11.9 Å². The van der Waals surface area contributed by atoms with E-state index in [2.05, 4.69) is 15.6 Å². The van der Waals surface area contributed by atoms with E-state index in [4.69, 9.17) is 16.6 Å². The summed E-state index contributed by atoms with van der Waals surface area (Å²) in [6.07, 6.45) is 1.94. The van der Waals surface area contributed by atoms with Gasteiger partial charge in [0.2, 0.25) is 5.91 Å². The summed E-state index contributed by atoms with van der Waals surface area (Å²) in [6, 6.07) is 21.3. The maximum Gasteiger partial charge on any atom is 0.335 e. The number of carboxylic acid groups (broad SMARTS) is 1. The molecule has 2 aromatic heterocycles. The lowest BCUT2D eigenvalue weighted by Gasteiger charge is -2.26. The Morgan fingerprint density at radius 1 is 1.08 bits per heavy atom. The lowest BCUT2D eigenvalue weighted by Crippen LogP contribution is -2.32. The highest BCUT2D eigenvalue weighted by Gasteiger charge is 2.41. The summed E-state index contributed by atoms with van der Waals surface area (Å²) >= 11 is 5.71. The smallest absolute Gasteiger partial charge is 0.335 e. The van der Waals surface area contributed by atoms with Gasteiger partial charge in [-0.05, 0) is 79.7 Å². The minimum absolute atomic E-state index is 0.114. The molecule has 198 valence electrons. The maximum atomic E-state index is 12.9. The van der Waals surface area contributed by atoms with Crippen molar-refractivity contribution in [1.29, 1.82) is 0 Å². The molecule has 0 radical (unpaired) electrons. The molecule has 9 heteroatoms. The van der Waals surface area contributed by atoms with Gasteiger partial charge in [-0.2, -0.15) is 0 Å². The fourth-order valence-corrected chi connectivity index (χ4v) is 5.06. The summed E-state index contributed by atoms with van der Waals surface area (Å²) in [5.41, 5.74) is 4.49. The molecule has 1 amide bonds. The van der Waals surface area contributed by atoms with Gasteiger partial charge in [-0.15, -0.1) is 0 Å². The summed E-state index contributed by atoms with van der Waals surface area (Å²) in [5.74, 6) is 0.0497. The number of nitrogens with zero attached hydrogens (tertiary/aromatic N) is 2. The van der Waals surface area contributed by atoms with E-state index in [1.54, 1.807) is 24.4 Å². The lowest BCUT2D eigenvalue weighted by molar-refractivity contribution is -0.116. The number of rotatable bonds is 8. The van der Waals surface area contributed by atoms with Crippen LogP contribution in [0.4, 0.5) is 5.69 Å². The highest BCUT2D eigenvalue weighted by atomic mass is 32.1. The highest BCUT2D eigenvalue weighted by Crippen LogP contribution is 2.40. The molecule has 2 aromatic carbocycles. The van der Waals surface area contributed by atoms with Gasteiger partial charge in [-0.3, -0.25) is 9.78 Å². The Morgan fingerprint density at radius 2 is 1.92 bits per heavy atom. The van der Waals surface area contributed by atoms with Gasteiger partial charge in [0.05, 0.1) is 17.3 Å². The Bertz CT molecular complexity index is 1530. The fourth-order valence-electron chi connectivity index (χ4n) is 4.73. The normalized spacial score (nSPS) is 16.7. The molecule has 39 heavy (non-hydrogen) atoms. The molecule has 0 spiro atoms. The zero-order valence-corrected chi connectivity index (χ0v) is 22.4. The lowest BCUT2D eigenvalue weighted by atomic mass is 10.0. The second kappa shape index (κ2) is 11.1. The second-order valence-electron chi connectivity index (χ2n) is 9.52. The first-order valence-electron chi connectivity index (χ1n) is 12.6. The molecule has 0 unspecified atom stereocenters. The Morgan fingerprint density at radius 3 is 2.69 bits per heavy atom. The third-order valence-corrected chi connectivity index (χ3v) is 7.11. The first-order valence-corrected chi connectivity index (χ1v) is 13.0. The number of thiocarbonyl (C=S) groups is 1. The quantitative estimate of drug-likeness (QED) is 0.246. The molecule has 4 aromatic rings. The number of hydrogen-bond acceptors (Lipinski definition) is 5. The summed E-state index contributed by atoms with van der Waals surface area (Å²) in [4.78, 5) is 30.9. The second-order valence-corrected chi connectivity index (χ2v) is 9.91. The highest BCUT2D eigenvalue weighted by molar-refractivity contribution is 7.80. The average molecular weight is 541 g/mol. The van der Waals surface area contributed by atoms with Crippen molar-refractivity contribution in [3.63, 3.8) is 0 Å². The number of nitrogens with one attached hydrogen (secondary N) is 2. The first-order chi connectivity index (χ1) is 18.8. The van der Waals surface area contributed by atoms with Crippen LogP contribution in [0.2, 0.25) is 0 Å². The summed E-state index contributed by atoms with van der Waals surface area (Å²) < 4.78 is 6.29. The van der Waals surface area contributed by atoms with E-state index < -0.39 is 5.97 Å². The van der Waals surface area contributed by atoms with Crippen LogP contribution in [0.15, 0.2) is 83.4 Å². The minimum Gasteiger partial charge on any atom is -0.478 e. The number of pyridine rings is 1. The van der Waals surface area contributed by atoms with Crippen molar-refractivity contribution in [3.8, 4) is 11.3 Å². The molecule has 8 nitrogen and oxygen atoms in total. The Kier molecular flexibility index (Phi) is 7.42. The predicted molar refractivity (Wildman–Crippen MR) is 152 cm³/mol. The van der Waals surface area contributed by atoms with Crippen LogP contribution in [0, 0.1) is 13.8 Å². The van der Waals surface area contributed by atoms with Crippen LogP contribution in [0.25, 0.3) is 11.3 Å². The number of anilines is 1. The summed E-state index contributed by atoms with van der Waals surface area (Å²) in [5, 5.41) is 16.3. The van der Waals surface area contributed by atoms with Crippen molar-refractivity contribution in [2.24, 2.45) is 0 Å². The molecule has 0 aliphatic carbocycles. The number of hydrogen-bond donors (Lipinski definition) is 3. The molecule has 0 saturated carbocycles. The molecule has 1 fully saturated rings. The monoisotopic (exact) mass is 540 g/mol. The van der Waals surface area contributed by atoms with Gasteiger partial charge in [0.15, 0.2) is 5.11 Å². The molecule has 2 atom stereocenters. The van der Waals surface area contributed by atoms with Crippen LogP contribution in [0.1, 0.15) is 51.4 Å². The van der Waals surface area contributed by atoms with E-state index in [0.717, 1.165) is 22.5 Å². The number of aryl methyl sites for hydroxylation is 2. The van der Waals surface area contributed by atoms with Gasteiger partial charge in [0, 0.05) is 30.4 Å². The van der Waals surface area contributed by atoms with Crippen LogP contribution in [-0.2, 0) is 4.79 Å². The number of benzene rings is 2. The number of aromatic carboxylic acids is 1. The van der Waals surface area contributed by atoms with Crippen LogP contribution >= 0.6 is 12.2 Å². The Balaban J connectivity index is 1.41. The molecule has 1 saturated heterocycles. The maximum absolute atomic E-state index is 12.9. The van der Waals surface area contributed by atoms with Gasteiger partial charge >= 0.3 is 5.97 Å². The number of carbonyl (C=O) groups is 2. The molecule has 3 N–H and O–H groups in total. The zero-order valence-electron chi connectivity index (χ0n) is 21.5. The van der Waals surface area contributed by atoms with Gasteiger partial charge in [-0.25, -0.2) is 4.79 Å². The summed E-state index contributed by atoms with van der Waals surface area (Å²) in [6.45, 7) is 4.31. The van der Waals surface area contributed by atoms with Crippen LogP contribution < -0.4 is 10.6 Å². The standard InChI is InChI=1S/C30H28N4O4S/c1-18-9-10-19(2)23(16-18)32-26(35)13-15-34-28(27(33-30(34)39)22-8-3-4-14-31-22)25-12-11-24(38-25)20-6-5-7-21(17-20)29(36)37/h3-12,14,16-17,27-28H,13,15H2,1-2H3,(H,32,35)(H,33,39)(H,36,37)/t27-,28-/m0/s1. The molecule has 3 heterocycles. The van der Waals surface area contributed by atoms with Crippen molar-refractivity contribution in [1.82, 2.24) is 15.2 Å². The first kappa shape index (κ1) is 26.1. The Labute approximate surface area is 231 Å². The number of aromatic nitrogens is 1. The third kappa shape index (κ3) is 5.68. The van der Waals surface area contributed by atoms with Gasteiger partial charge in [0.1, 0.15) is 17.6 Å². The molecular weight excluding hydrogens is 512 g/mol. The third-order valence-electron chi connectivity index (χ3n) is 6.76. The largest absolute Gasteiger partial charge is 0.478 e. The van der Waals surface area contributed by atoms with E-state index in [1.807, 2.05) is 67.3 Å². The summed E-state index contributed by atoms with van der Waals surface area (Å²) in [7, 11) is 0. The van der Waals surface area contributed by atoms with Crippen molar-refractivity contribution in [3.05, 3.63) is 107 Å². The van der Waals surface area contributed by atoms with Gasteiger partial charge < -0.3 is 25.1 Å². The van der Waals surface area contributed by atoms with E-state index in [9.17, 15) is 14.7 Å². The van der Waals surface area contributed by atoms with E-state index in [0.29, 0.717) is 28.7 Å². The molecule has 0 bridgehead atoms. The average Bonchev–Trinajstić information content (AvgIpc) is 3.54. The van der Waals surface area contributed by atoms with Crippen LogP contribution in [-0.4, -0.2) is 38.5 Å². The Hall–Kier alpha value is -4.50. The molecule has 5 rings (SSSR count). The van der Waals surface area contributed by atoms with Crippen molar-refractivity contribution in [2.45, 2.75) is 32.4 Å². The number of carbonyl (C=O) groups excluding carboxylic acids is 1. The SMILES string of the molecule is Cc1ccc(C)c(NC(=O)CCN2C(=S)N[C@@H](c3ccccn3)[C@@H]2c2ccc(-c3cccc(C(=O)O)c3)o2)c1. The van der Waals surface area contributed by atoms with Crippen molar-refractivity contribution < 1.29 is 19.1 Å². The zero-order chi connectivity index (χ0) is 27.5. The predicted octanol–water partition coefficient (Wildman–Crippen LogP) is 5.66. The number of amides is 1. The molecule has 1 aliphatic heterocycles. The van der Waals surface area contributed by atoms with Crippen molar-refractivity contribution >= 4 is 34.9 Å². The van der Waals surface area contributed by atoms with E-state index >= 15 is 0 Å². The molecular formula is C30H28N4O4S. The topological polar surface area (TPSA) is 108 Å². The van der Waals surface area contributed by atoms with Gasteiger partial charge in [-0.1, -0.05) is 30.3 Å².